The topological polar surface area (TPSA) is 88.0 Å². The lowest BCUT2D eigenvalue weighted by Gasteiger charge is -2.10. The zero-order valence-electron chi connectivity index (χ0n) is 9.39. The zero-order chi connectivity index (χ0) is 14.0. The van der Waals surface area contributed by atoms with Crippen LogP contribution in [0.3, 0.4) is 0 Å². The van der Waals surface area contributed by atoms with Crippen LogP contribution in [0.4, 0.5) is 10.1 Å². The van der Waals surface area contributed by atoms with Crippen molar-refractivity contribution >= 4 is 39.2 Å². The Hall–Kier alpha value is -1.96. The van der Waals surface area contributed by atoms with Crippen LogP contribution in [0.1, 0.15) is 6.42 Å². The van der Waals surface area contributed by atoms with Gasteiger partial charge >= 0.3 is 5.97 Å². The monoisotopic (exact) mass is 330 g/mol. The third-order valence-electron chi connectivity index (χ3n) is 2.39. The summed E-state index contributed by atoms with van der Waals surface area (Å²) in [4.78, 5) is 27.1. The molecular weight excluding hydrogens is 323 g/mol. The molecule has 1 heterocycles. The number of anilines is 1. The standard InChI is InChI=1S/C11H8BrFN2O4/c12-5-1-2-6(13)7(3-5)14-10(16)9-4-8(11(17)18)15-19-9/h1-3,9H,4H2,(H,14,16)(H,17,18). The molecule has 2 rings (SSSR count). The number of carboxylic acids is 1. The fraction of sp³-hybridized carbons (Fsp3) is 0.182. The lowest BCUT2D eigenvalue weighted by atomic mass is 10.1. The molecule has 1 aliphatic rings. The van der Waals surface area contributed by atoms with Gasteiger partial charge in [-0.25, -0.2) is 9.18 Å². The second-order valence-electron chi connectivity index (χ2n) is 3.75. The molecule has 1 unspecified atom stereocenters. The first-order valence-corrected chi connectivity index (χ1v) is 5.98. The Balaban J connectivity index is 2.03. The Bertz CT molecular complexity index is 576. The molecule has 0 fully saturated rings. The fourth-order valence-electron chi connectivity index (χ4n) is 1.45. The van der Waals surface area contributed by atoms with Gasteiger partial charge in [0.1, 0.15) is 5.82 Å². The quantitative estimate of drug-likeness (QED) is 0.883. The number of carboxylic acid groups (broad SMARTS) is 1. The first kappa shape index (κ1) is 13.5. The van der Waals surface area contributed by atoms with Gasteiger partial charge in [0.05, 0.1) is 5.69 Å². The number of nitrogens with one attached hydrogen (secondary N) is 1. The zero-order valence-corrected chi connectivity index (χ0v) is 11.0. The summed E-state index contributed by atoms with van der Waals surface area (Å²) in [5, 5.41) is 14.3. The van der Waals surface area contributed by atoms with Gasteiger partial charge in [-0.1, -0.05) is 21.1 Å². The maximum atomic E-state index is 13.4. The number of halogens is 2. The highest BCUT2D eigenvalue weighted by Crippen LogP contribution is 2.21. The van der Waals surface area contributed by atoms with Gasteiger partial charge in [0.25, 0.3) is 5.91 Å². The van der Waals surface area contributed by atoms with Crippen molar-refractivity contribution in [3.05, 3.63) is 28.5 Å². The van der Waals surface area contributed by atoms with Crippen LogP contribution in [0.25, 0.3) is 0 Å². The number of benzene rings is 1. The van der Waals surface area contributed by atoms with Crippen molar-refractivity contribution in [3.8, 4) is 0 Å². The predicted molar refractivity (Wildman–Crippen MR) is 67.3 cm³/mol. The molecule has 100 valence electrons. The number of carbonyl (C=O) groups excluding carboxylic acids is 1. The van der Waals surface area contributed by atoms with Crippen LogP contribution in [0.2, 0.25) is 0 Å². The van der Waals surface area contributed by atoms with Gasteiger partial charge in [0.2, 0.25) is 6.10 Å². The molecule has 1 amide bonds. The van der Waals surface area contributed by atoms with E-state index in [-0.39, 0.29) is 17.8 Å². The summed E-state index contributed by atoms with van der Waals surface area (Å²) in [6, 6.07) is 4.07. The molecule has 8 heteroatoms. The molecule has 1 aromatic carbocycles. The first-order chi connectivity index (χ1) is 8.97. The van der Waals surface area contributed by atoms with E-state index < -0.39 is 23.8 Å². The molecule has 0 bridgehead atoms. The molecule has 19 heavy (non-hydrogen) atoms. The summed E-state index contributed by atoms with van der Waals surface area (Å²) >= 11 is 3.15. The number of carbonyl (C=O) groups is 2. The van der Waals surface area contributed by atoms with E-state index in [1.807, 2.05) is 0 Å². The van der Waals surface area contributed by atoms with Gasteiger partial charge in [-0.05, 0) is 18.2 Å². The van der Waals surface area contributed by atoms with Crippen LogP contribution >= 0.6 is 15.9 Å². The van der Waals surface area contributed by atoms with Gasteiger partial charge in [-0.2, -0.15) is 0 Å². The van der Waals surface area contributed by atoms with E-state index in [4.69, 9.17) is 9.94 Å². The SMILES string of the molecule is O=C(O)C1=NOC(C(=O)Nc2cc(Br)ccc2F)C1. The summed E-state index contributed by atoms with van der Waals surface area (Å²) in [6.07, 6.45) is -1.22. The molecule has 1 aromatic rings. The van der Waals surface area contributed by atoms with Crippen LogP contribution < -0.4 is 5.32 Å². The van der Waals surface area contributed by atoms with E-state index in [0.29, 0.717) is 4.47 Å². The minimum atomic E-state index is -1.25. The van der Waals surface area contributed by atoms with E-state index in [9.17, 15) is 14.0 Å². The average Bonchev–Trinajstić information content (AvgIpc) is 2.83. The van der Waals surface area contributed by atoms with Crippen LogP contribution in [0, 0.1) is 5.82 Å². The third-order valence-corrected chi connectivity index (χ3v) is 2.89. The number of rotatable bonds is 3. The van der Waals surface area contributed by atoms with Crippen molar-refractivity contribution in [2.75, 3.05) is 5.32 Å². The lowest BCUT2D eigenvalue weighted by Crippen LogP contribution is -2.29. The number of oxime groups is 1. The molecule has 2 N–H and O–H groups in total. The van der Waals surface area contributed by atoms with Crippen molar-refractivity contribution in [2.24, 2.45) is 5.16 Å². The first-order valence-electron chi connectivity index (χ1n) is 5.19. The molecule has 6 nitrogen and oxygen atoms in total. The van der Waals surface area contributed by atoms with E-state index >= 15 is 0 Å². The van der Waals surface area contributed by atoms with Gasteiger partial charge in [0.15, 0.2) is 5.71 Å². The van der Waals surface area contributed by atoms with E-state index in [1.165, 1.54) is 18.2 Å². The Kier molecular flexibility index (Phi) is 3.79. The number of aliphatic carboxylic acids is 1. The minimum Gasteiger partial charge on any atom is -0.477 e. The average molecular weight is 331 g/mol. The summed E-state index contributed by atoms with van der Waals surface area (Å²) < 4.78 is 14.0. The Morgan fingerprint density at radius 3 is 2.89 bits per heavy atom. The molecule has 1 atom stereocenters. The van der Waals surface area contributed by atoms with Crippen molar-refractivity contribution in [1.29, 1.82) is 0 Å². The Labute approximate surface area is 115 Å². The van der Waals surface area contributed by atoms with Crippen molar-refractivity contribution < 1.29 is 23.9 Å². The normalized spacial score (nSPS) is 17.6. The Morgan fingerprint density at radius 1 is 1.53 bits per heavy atom. The second-order valence-corrected chi connectivity index (χ2v) is 4.67. The summed E-state index contributed by atoms with van der Waals surface area (Å²) in [5.74, 6) is -2.50. The van der Waals surface area contributed by atoms with Gasteiger partial charge < -0.3 is 15.3 Å². The number of nitrogens with zero attached hydrogens (tertiary/aromatic N) is 1. The molecule has 0 saturated carbocycles. The van der Waals surface area contributed by atoms with Crippen molar-refractivity contribution in [1.82, 2.24) is 0 Å². The molecule has 0 aromatic heterocycles. The summed E-state index contributed by atoms with van der Waals surface area (Å²) in [5.41, 5.74) is -0.262. The maximum absolute atomic E-state index is 13.4. The van der Waals surface area contributed by atoms with Crippen molar-refractivity contribution in [2.45, 2.75) is 12.5 Å². The minimum absolute atomic E-state index is 0.0215. The van der Waals surface area contributed by atoms with Crippen LogP contribution in [-0.4, -0.2) is 28.8 Å². The summed E-state index contributed by atoms with van der Waals surface area (Å²) in [6.45, 7) is 0. The molecule has 1 aliphatic heterocycles. The Morgan fingerprint density at radius 2 is 2.26 bits per heavy atom. The van der Waals surface area contributed by atoms with Crippen LogP contribution in [0.5, 0.6) is 0 Å². The molecule has 0 radical (unpaired) electrons. The van der Waals surface area contributed by atoms with Crippen LogP contribution in [0.15, 0.2) is 27.8 Å². The van der Waals surface area contributed by atoms with Gasteiger partial charge in [-0.3, -0.25) is 4.79 Å². The number of amides is 1. The third kappa shape index (κ3) is 3.08. The molecule has 0 spiro atoms. The fourth-order valence-corrected chi connectivity index (χ4v) is 1.81. The van der Waals surface area contributed by atoms with E-state index in [0.717, 1.165) is 0 Å². The van der Waals surface area contributed by atoms with E-state index in [2.05, 4.69) is 26.4 Å². The van der Waals surface area contributed by atoms with Crippen LogP contribution in [-0.2, 0) is 14.4 Å². The maximum Gasteiger partial charge on any atom is 0.353 e. The van der Waals surface area contributed by atoms with E-state index in [1.54, 1.807) is 0 Å². The molecule has 0 aliphatic carbocycles. The largest absolute Gasteiger partial charge is 0.477 e. The van der Waals surface area contributed by atoms with Gasteiger partial charge in [0, 0.05) is 10.9 Å². The van der Waals surface area contributed by atoms with Gasteiger partial charge in [-0.15, -0.1) is 0 Å². The number of hydrogen-bond donors (Lipinski definition) is 2. The summed E-state index contributed by atoms with van der Waals surface area (Å²) in [7, 11) is 0. The highest BCUT2D eigenvalue weighted by Gasteiger charge is 2.31. The number of hydrogen-bond acceptors (Lipinski definition) is 4. The highest BCUT2D eigenvalue weighted by molar-refractivity contribution is 9.10. The smallest absolute Gasteiger partial charge is 0.353 e. The predicted octanol–water partition coefficient (Wildman–Crippen LogP) is 1.76. The second kappa shape index (κ2) is 5.35. The lowest BCUT2D eigenvalue weighted by molar-refractivity contribution is -0.129. The highest BCUT2D eigenvalue weighted by atomic mass is 79.9. The molecule has 0 saturated heterocycles. The molecular formula is C11H8BrFN2O4. The van der Waals surface area contributed by atoms with Crippen molar-refractivity contribution in [3.63, 3.8) is 0 Å².